The summed E-state index contributed by atoms with van der Waals surface area (Å²) in [5, 5.41) is 22.9. The van der Waals surface area contributed by atoms with Gasteiger partial charge in [-0.05, 0) is 18.9 Å². The molecule has 3 N–H and O–H groups in total. The van der Waals surface area contributed by atoms with Crippen molar-refractivity contribution < 1.29 is 14.7 Å². The van der Waals surface area contributed by atoms with Crippen LogP contribution in [0, 0.1) is 5.92 Å². The minimum atomic E-state index is -1.04. The van der Waals surface area contributed by atoms with Gasteiger partial charge in [-0.3, -0.25) is 14.9 Å². The third-order valence-corrected chi connectivity index (χ3v) is 4.13. The smallest absolute Gasteiger partial charge is 0.252 e. The van der Waals surface area contributed by atoms with Crippen molar-refractivity contribution in [3.05, 3.63) is 12.3 Å². The number of aromatic nitrogens is 2. The molecule has 0 radical (unpaired) electrons. The first-order valence-electron chi connectivity index (χ1n) is 6.03. The van der Waals surface area contributed by atoms with Gasteiger partial charge in [0.25, 0.3) is 5.91 Å². The summed E-state index contributed by atoms with van der Waals surface area (Å²) in [6, 6.07) is 1.69. The molecule has 2 saturated heterocycles. The van der Waals surface area contributed by atoms with E-state index in [1.54, 1.807) is 11.0 Å². The first-order chi connectivity index (χ1) is 9.12. The summed E-state index contributed by atoms with van der Waals surface area (Å²) in [6.45, 7) is 0. The molecule has 1 aromatic rings. The van der Waals surface area contributed by atoms with E-state index >= 15 is 0 Å². The van der Waals surface area contributed by atoms with Crippen LogP contribution >= 0.6 is 0 Å². The molecule has 4 heterocycles. The number of fused-ring (bicyclic) bond motifs is 3. The van der Waals surface area contributed by atoms with Crippen LogP contribution in [0.2, 0.25) is 0 Å². The molecule has 0 aromatic carbocycles. The Hall–Kier alpha value is -2.22. The average molecular weight is 261 g/mol. The number of imide groups is 1. The standard InChI is InChI=1S/C11H11N5O3/c17-8-5-3-11(4-5,9(18)14-8)16-6-1-2-12-15-7(6)13-10(16)19/h1-2,5,10,19H,3-4H2,(H,13,15)(H,14,17,18). The van der Waals surface area contributed by atoms with E-state index in [0.717, 1.165) is 0 Å². The molecule has 1 aliphatic carbocycles. The Bertz CT molecular complexity index is 598. The minimum absolute atomic E-state index is 0.149. The van der Waals surface area contributed by atoms with E-state index in [2.05, 4.69) is 20.8 Å². The van der Waals surface area contributed by atoms with Gasteiger partial charge in [0.1, 0.15) is 5.54 Å². The predicted octanol–water partition coefficient (Wildman–Crippen LogP) is -1.21. The molecule has 1 atom stereocenters. The first-order valence-corrected chi connectivity index (χ1v) is 6.03. The highest BCUT2D eigenvalue weighted by Gasteiger charge is 2.63. The van der Waals surface area contributed by atoms with Crippen molar-refractivity contribution in [2.45, 2.75) is 24.7 Å². The Morgan fingerprint density at radius 3 is 2.95 bits per heavy atom. The largest absolute Gasteiger partial charge is 0.356 e. The predicted molar refractivity (Wildman–Crippen MR) is 62.7 cm³/mol. The number of nitrogens with one attached hydrogen (secondary N) is 2. The third kappa shape index (κ3) is 1.16. The second-order valence-corrected chi connectivity index (χ2v) is 5.11. The Kier molecular flexibility index (Phi) is 1.80. The number of rotatable bonds is 1. The SMILES string of the molecule is O=C1NC(=O)C2(N3c4ccnnc4NC3O)CC1C2. The fraction of sp³-hybridized carbons (Fsp3) is 0.455. The Labute approximate surface area is 107 Å². The maximum atomic E-state index is 12.2. The van der Waals surface area contributed by atoms with Crippen LogP contribution in [0.1, 0.15) is 12.8 Å². The number of carbonyl (C=O) groups excluding carboxylic acids is 2. The van der Waals surface area contributed by atoms with E-state index in [0.29, 0.717) is 24.3 Å². The Balaban J connectivity index is 1.78. The van der Waals surface area contributed by atoms with Gasteiger partial charge in [-0.1, -0.05) is 0 Å². The van der Waals surface area contributed by atoms with E-state index in [1.807, 2.05) is 0 Å². The average Bonchev–Trinajstić information content (AvgIpc) is 2.64. The summed E-state index contributed by atoms with van der Waals surface area (Å²) in [6.07, 6.45) is 1.33. The second kappa shape index (κ2) is 3.21. The summed E-state index contributed by atoms with van der Waals surface area (Å²) in [5.74, 6) is -0.284. The molecule has 8 nitrogen and oxygen atoms in total. The van der Waals surface area contributed by atoms with Crippen LogP contribution in [-0.4, -0.2) is 39.0 Å². The number of carbonyl (C=O) groups is 2. The van der Waals surface area contributed by atoms with Crippen molar-refractivity contribution in [3.63, 3.8) is 0 Å². The molecular weight excluding hydrogens is 250 g/mol. The van der Waals surface area contributed by atoms with Gasteiger partial charge < -0.3 is 15.3 Å². The molecule has 2 amide bonds. The second-order valence-electron chi connectivity index (χ2n) is 5.11. The number of hydrogen-bond donors (Lipinski definition) is 3. The van der Waals surface area contributed by atoms with E-state index in [-0.39, 0.29) is 17.7 Å². The summed E-state index contributed by atoms with van der Waals surface area (Å²) >= 11 is 0. The van der Waals surface area contributed by atoms with Crippen LogP contribution in [0.25, 0.3) is 0 Å². The Morgan fingerprint density at radius 2 is 2.21 bits per heavy atom. The monoisotopic (exact) mass is 261 g/mol. The molecule has 8 heteroatoms. The lowest BCUT2D eigenvalue weighted by Gasteiger charge is -2.55. The molecule has 2 bridgehead atoms. The van der Waals surface area contributed by atoms with Gasteiger partial charge in [0.05, 0.1) is 11.9 Å². The maximum Gasteiger partial charge on any atom is 0.252 e. The lowest BCUT2D eigenvalue weighted by atomic mass is 9.63. The van der Waals surface area contributed by atoms with Gasteiger partial charge in [-0.15, -0.1) is 5.10 Å². The first kappa shape index (κ1) is 10.7. The van der Waals surface area contributed by atoms with Crippen molar-refractivity contribution in [3.8, 4) is 0 Å². The van der Waals surface area contributed by atoms with Gasteiger partial charge in [0, 0.05) is 5.92 Å². The Morgan fingerprint density at radius 1 is 1.42 bits per heavy atom. The summed E-state index contributed by atoms with van der Waals surface area (Å²) in [5.41, 5.74) is -0.232. The zero-order valence-corrected chi connectivity index (χ0v) is 9.83. The van der Waals surface area contributed by atoms with E-state index in [4.69, 9.17) is 0 Å². The lowest BCUT2D eigenvalue weighted by molar-refractivity contribution is -0.151. The third-order valence-electron chi connectivity index (χ3n) is 4.13. The highest BCUT2D eigenvalue weighted by atomic mass is 16.3. The number of anilines is 2. The molecule has 3 fully saturated rings. The zero-order chi connectivity index (χ0) is 13.2. The molecule has 1 saturated carbocycles. The van der Waals surface area contributed by atoms with Crippen LogP contribution in [0.5, 0.6) is 0 Å². The van der Waals surface area contributed by atoms with Crippen LogP contribution in [0.3, 0.4) is 0 Å². The van der Waals surface area contributed by atoms with Crippen molar-refractivity contribution in [2.75, 3.05) is 10.2 Å². The van der Waals surface area contributed by atoms with Gasteiger partial charge in [0.2, 0.25) is 12.3 Å². The van der Waals surface area contributed by atoms with E-state index < -0.39 is 11.9 Å². The topological polar surface area (TPSA) is 107 Å². The highest BCUT2D eigenvalue weighted by molar-refractivity contribution is 6.09. The van der Waals surface area contributed by atoms with Crippen LogP contribution < -0.4 is 15.5 Å². The number of nitrogens with zero attached hydrogens (tertiary/aromatic N) is 3. The number of piperidine rings is 2. The molecule has 1 unspecified atom stereocenters. The maximum absolute atomic E-state index is 12.2. The quantitative estimate of drug-likeness (QED) is 0.544. The van der Waals surface area contributed by atoms with E-state index in [1.165, 1.54) is 6.20 Å². The number of aliphatic hydroxyl groups excluding tert-OH is 1. The van der Waals surface area contributed by atoms with Crippen molar-refractivity contribution in [2.24, 2.45) is 5.92 Å². The molecule has 4 aliphatic rings. The number of hydrogen-bond acceptors (Lipinski definition) is 7. The van der Waals surface area contributed by atoms with Crippen molar-refractivity contribution in [1.29, 1.82) is 0 Å². The van der Waals surface area contributed by atoms with E-state index in [9.17, 15) is 14.7 Å². The van der Waals surface area contributed by atoms with Crippen LogP contribution in [-0.2, 0) is 9.59 Å². The molecule has 98 valence electrons. The number of aliphatic hydroxyl groups is 1. The molecule has 3 aliphatic heterocycles. The summed E-state index contributed by atoms with van der Waals surface area (Å²) in [7, 11) is 0. The van der Waals surface area contributed by atoms with Crippen molar-refractivity contribution >= 4 is 23.3 Å². The minimum Gasteiger partial charge on any atom is -0.356 e. The van der Waals surface area contributed by atoms with Crippen molar-refractivity contribution in [1.82, 2.24) is 15.5 Å². The summed E-state index contributed by atoms with van der Waals surface area (Å²) in [4.78, 5) is 25.2. The molecule has 19 heavy (non-hydrogen) atoms. The molecule has 5 rings (SSSR count). The van der Waals surface area contributed by atoms with Gasteiger partial charge in [-0.25, -0.2) is 0 Å². The number of amides is 2. The van der Waals surface area contributed by atoms with Gasteiger partial charge in [0.15, 0.2) is 5.82 Å². The summed E-state index contributed by atoms with van der Waals surface area (Å²) < 4.78 is 0. The fourth-order valence-electron chi connectivity index (χ4n) is 3.17. The molecular formula is C11H11N5O3. The van der Waals surface area contributed by atoms with Crippen LogP contribution in [0.15, 0.2) is 12.3 Å². The zero-order valence-electron chi connectivity index (χ0n) is 9.83. The highest BCUT2D eigenvalue weighted by Crippen LogP contribution is 2.50. The van der Waals surface area contributed by atoms with Crippen LogP contribution in [0.4, 0.5) is 11.5 Å². The normalized spacial score (nSPS) is 35.3. The lowest BCUT2D eigenvalue weighted by Crippen LogP contribution is -2.74. The molecule has 0 spiro atoms. The van der Waals surface area contributed by atoms with Gasteiger partial charge in [-0.2, -0.15) is 5.10 Å². The fourth-order valence-corrected chi connectivity index (χ4v) is 3.17. The molecule has 1 aromatic heterocycles. The van der Waals surface area contributed by atoms with Gasteiger partial charge >= 0.3 is 0 Å².